The van der Waals surface area contributed by atoms with Crippen LogP contribution in [0.4, 0.5) is 0 Å². The van der Waals surface area contributed by atoms with Gasteiger partial charge in [-0.25, -0.2) is 0 Å². The van der Waals surface area contributed by atoms with E-state index in [1.54, 1.807) is 6.07 Å². The molecule has 0 unspecified atom stereocenters. The number of phenols is 1. The Hall–Kier alpha value is -0.700. The second-order valence-electron chi connectivity index (χ2n) is 3.87. The van der Waals surface area contributed by atoms with Gasteiger partial charge in [0.15, 0.2) is 0 Å². The van der Waals surface area contributed by atoms with E-state index in [-0.39, 0.29) is 0 Å². The van der Waals surface area contributed by atoms with Crippen molar-refractivity contribution in [2.24, 2.45) is 0 Å². The van der Waals surface area contributed by atoms with Gasteiger partial charge < -0.3 is 9.84 Å². The van der Waals surface area contributed by atoms with Gasteiger partial charge in [-0.3, -0.25) is 0 Å². The van der Waals surface area contributed by atoms with Crippen LogP contribution in [0.2, 0.25) is 0 Å². The summed E-state index contributed by atoms with van der Waals surface area (Å²) in [4.78, 5) is 0. The van der Waals surface area contributed by atoms with Crippen molar-refractivity contribution in [2.75, 3.05) is 11.9 Å². The standard InChI is InChI=1S/C12H17BrO2/c1-8(2)10-7-11(14)9(3)6-12(10)15-5-4-13/h6-8,14H,4-5H2,1-3H3. The largest absolute Gasteiger partial charge is 0.508 e. The lowest BCUT2D eigenvalue weighted by Gasteiger charge is -2.15. The Balaban J connectivity index is 3.04. The third-order valence-electron chi connectivity index (χ3n) is 2.29. The van der Waals surface area contributed by atoms with Crippen LogP contribution in [0.25, 0.3) is 0 Å². The van der Waals surface area contributed by atoms with Gasteiger partial charge in [0, 0.05) is 10.9 Å². The van der Waals surface area contributed by atoms with Gasteiger partial charge in [0.25, 0.3) is 0 Å². The molecule has 2 nitrogen and oxygen atoms in total. The maximum Gasteiger partial charge on any atom is 0.123 e. The lowest BCUT2D eigenvalue weighted by atomic mass is 10.00. The number of hydrogen-bond donors (Lipinski definition) is 1. The molecular weight excluding hydrogens is 256 g/mol. The third kappa shape index (κ3) is 3.13. The summed E-state index contributed by atoms with van der Waals surface area (Å²) in [5, 5.41) is 10.4. The normalized spacial score (nSPS) is 10.7. The van der Waals surface area contributed by atoms with Gasteiger partial charge in [-0.2, -0.15) is 0 Å². The first-order valence-corrected chi connectivity index (χ1v) is 6.20. The van der Waals surface area contributed by atoms with Gasteiger partial charge in [0.2, 0.25) is 0 Å². The van der Waals surface area contributed by atoms with Crippen LogP contribution >= 0.6 is 15.9 Å². The molecule has 0 aliphatic rings. The molecule has 1 aromatic rings. The number of halogens is 1. The lowest BCUT2D eigenvalue weighted by molar-refractivity contribution is 0.338. The van der Waals surface area contributed by atoms with Crippen LogP contribution in [0.15, 0.2) is 12.1 Å². The summed E-state index contributed by atoms with van der Waals surface area (Å²) >= 11 is 3.33. The van der Waals surface area contributed by atoms with E-state index in [0.717, 1.165) is 22.2 Å². The molecule has 0 bridgehead atoms. The number of benzene rings is 1. The van der Waals surface area contributed by atoms with Crippen molar-refractivity contribution in [3.8, 4) is 11.5 Å². The summed E-state index contributed by atoms with van der Waals surface area (Å²) in [6.45, 7) is 6.70. The average molecular weight is 273 g/mol. The van der Waals surface area contributed by atoms with Gasteiger partial charge in [-0.1, -0.05) is 29.8 Å². The Labute approximate surface area is 99.4 Å². The second kappa shape index (κ2) is 5.40. The first-order valence-electron chi connectivity index (χ1n) is 5.08. The SMILES string of the molecule is Cc1cc(OCCBr)c(C(C)C)cc1O. The molecule has 15 heavy (non-hydrogen) atoms. The van der Waals surface area contributed by atoms with Crippen molar-refractivity contribution >= 4 is 15.9 Å². The summed E-state index contributed by atoms with van der Waals surface area (Å²) in [6, 6.07) is 3.69. The highest BCUT2D eigenvalue weighted by Crippen LogP contribution is 2.32. The zero-order valence-corrected chi connectivity index (χ0v) is 11.0. The van der Waals surface area contributed by atoms with Crippen LogP contribution in [0, 0.1) is 6.92 Å². The predicted molar refractivity (Wildman–Crippen MR) is 66.2 cm³/mol. The van der Waals surface area contributed by atoms with Gasteiger partial charge in [-0.15, -0.1) is 0 Å². The van der Waals surface area contributed by atoms with Gasteiger partial charge in [0.05, 0.1) is 6.61 Å². The fourth-order valence-electron chi connectivity index (χ4n) is 1.41. The van der Waals surface area contributed by atoms with Crippen LogP contribution in [0.1, 0.15) is 30.9 Å². The zero-order chi connectivity index (χ0) is 11.4. The van der Waals surface area contributed by atoms with Crippen LogP contribution in [-0.2, 0) is 0 Å². The van der Waals surface area contributed by atoms with Gasteiger partial charge in [0.1, 0.15) is 11.5 Å². The molecule has 0 atom stereocenters. The molecule has 84 valence electrons. The number of hydrogen-bond acceptors (Lipinski definition) is 2. The maximum atomic E-state index is 9.63. The van der Waals surface area contributed by atoms with E-state index >= 15 is 0 Å². The summed E-state index contributed by atoms with van der Waals surface area (Å²) in [5.74, 6) is 1.56. The monoisotopic (exact) mass is 272 g/mol. The Morgan fingerprint density at radius 1 is 1.40 bits per heavy atom. The topological polar surface area (TPSA) is 29.5 Å². The van der Waals surface area contributed by atoms with Crippen molar-refractivity contribution in [1.82, 2.24) is 0 Å². The number of aromatic hydroxyl groups is 1. The predicted octanol–water partition coefficient (Wildman–Crippen LogP) is 3.60. The minimum atomic E-state index is 0.338. The van der Waals surface area contributed by atoms with Crippen molar-refractivity contribution < 1.29 is 9.84 Å². The van der Waals surface area contributed by atoms with Crippen molar-refractivity contribution in [2.45, 2.75) is 26.7 Å². The quantitative estimate of drug-likeness (QED) is 0.849. The van der Waals surface area contributed by atoms with Crippen molar-refractivity contribution in [1.29, 1.82) is 0 Å². The summed E-state index contributed by atoms with van der Waals surface area (Å²) in [5.41, 5.74) is 1.91. The zero-order valence-electron chi connectivity index (χ0n) is 9.38. The molecule has 0 radical (unpaired) electrons. The lowest BCUT2D eigenvalue weighted by Crippen LogP contribution is -2.02. The molecule has 1 rings (SSSR count). The Kier molecular flexibility index (Phi) is 4.45. The highest BCUT2D eigenvalue weighted by molar-refractivity contribution is 9.09. The highest BCUT2D eigenvalue weighted by atomic mass is 79.9. The van der Waals surface area contributed by atoms with Crippen LogP contribution in [0.3, 0.4) is 0 Å². The molecule has 0 aliphatic heterocycles. The molecular formula is C12H17BrO2. The molecule has 0 aromatic heterocycles. The van der Waals surface area contributed by atoms with E-state index in [0.29, 0.717) is 18.3 Å². The average Bonchev–Trinajstić information content (AvgIpc) is 2.19. The number of ether oxygens (including phenoxy) is 1. The van der Waals surface area contributed by atoms with E-state index in [9.17, 15) is 5.11 Å². The molecule has 0 fully saturated rings. The summed E-state index contributed by atoms with van der Waals surface area (Å²) < 4.78 is 5.63. The highest BCUT2D eigenvalue weighted by Gasteiger charge is 2.11. The van der Waals surface area contributed by atoms with E-state index in [1.165, 1.54) is 0 Å². The first kappa shape index (κ1) is 12.4. The Bertz CT molecular complexity index is 335. The Morgan fingerprint density at radius 2 is 2.07 bits per heavy atom. The fraction of sp³-hybridized carbons (Fsp3) is 0.500. The fourth-order valence-corrected chi connectivity index (χ4v) is 1.57. The minimum absolute atomic E-state index is 0.338. The number of phenolic OH excluding ortho intramolecular Hbond substituents is 1. The van der Waals surface area contributed by atoms with Crippen LogP contribution in [0.5, 0.6) is 11.5 Å². The molecule has 0 aliphatic carbocycles. The number of aryl methyl sites for hydroxylation is 1. The van der Waals surface area contributed by atoms with Crippen LogP contribution < -0.4 is 4.74 Å². The van der Waals surface area contributed by atoms with E-state index in [1.807, 2.05) is 13.0 Å². The summed E-state index contributed by atoms with van der Waals surface area (Å²) in [7, 11) is 0. The number of alkyl halides is 1. The van der Waals surface area contributed by atoms with Gasteiger partial charge >= 0.3 is 0 Å². The van der Waals surface area contributed by atoms with Gasteiger partial charge in [-0.05, 0) is 30.5 Å². The second-order valence-corrected chi connectivity index (χ2v) is 4.66. The van der Waals surface area contributed by atoms with Crippen molar-refractivity contribution in [3.05, 3.63) is 23.3 Å². The number of rotatable bonds is 4. The molecule has 3 heteroatoms. The molecule has 0 saturated carbocycles. The van der Waals surface area contributed by atoms with E-state index in [2.05, 4.69) is 29.8 Å². The molecule has 1 N–H and O–H groups in total. The van der Waals surface area contributed by atoms with E-state index in [4.69, 9.17) is 4.74 Å². The molecule has 0 spiro atoms. The van der Waals surface area contributed by atoms with Crippen molar-refractivity contribution in [3.63, 3.8) is 0 Å². The Morgan fingerprint density at radius 3 is 2.60 bits per heavy atom. The molecule has 0 heterocycles. The summed E-state index contributed by atoms with van der Waals surface area (Å²) in [6.07, 6.45) is 0. The molecule has 1 aromatic carbocycles. The third-order valence-corrected chi connectivity index (χ3v) is 2.61. The molecule has 0 amide bonds. The first-order chi connectivity index (χ1) is 7.06. The van der Waals surface area contributed by atoms with E-state index < -0.39 is 0 Å². The van der Waals surface area contributed by atoms with Crippen LogP contribution in [-0.4, -0.2) is 17.0 Å². The maximum absolute atomic E-state index is 9.63. The molecule has 0 saturated heterocycles. The smallest absolute Gasteiger partial charge is 0.123 e. The minimum Gasteiger partial charge on any atom is -0.508 e.